The molecule has 158 valence electrons. The van der Waals surface area contributed by atoms with Crippen LogP contribution in [-0.4, -0.2) is 29.2 Å². The zero-order valence-corrected chi connectivity index (χ0v) is 16.7. The maximum Gasteiger partial charge on any atom is 0.341 e. The van der Waals surface area contributed by atoms with Crippen molar-refractivity contribution in [2.24, 2.45) is 5.10 Å². The fraction of sp³-hybridized carbons (Fsp3) is 0.136. The van der Waals surface area contributed by atoms with Crippen LogP contribution in [0.25, 0.3) is 0 Å². The predicted molar refractivity (Wildman–Crippen MR) is 108 cm³/mol. The number of carbonyl (C=O) groups excluding carboxylic acids is 2. The molecule has 1 aromatic heterocycles. The van der Waals surface area contributed by atoms with Crippen LogP contribution in [0.3, 0.4) is 0 Å². The second-order valence-electron chi connectivity index (χ2n) is 6.73. The van der Waals surface area contributed by atoms with E-state index in [2.05, 4.69) is 5.10 Å². The van der Waals surface area contributed by atoms with Crippen molar-refractivity contribution < 1.29 is 27.5 Å². The smallest absolute Gasteiger partial charge is 0.341 e. The van der Waals surface area contributed by atoms with Crippen molar-refractivity contribution in [2.75, 3.05) is 6.61 Å². The number of hydrogen-bond donors (Lipinski definition) is 0. The zero-order chi connectivity index (χ0) is 22.0. The lowest BCUT2D eigenvalue weighted by molar-refractivity contribution is -0.136. The number of furan rings is 1. The molecule has 0 fully saturated rings. The summed E-state index contributed by atoms with van der Waals surface area (Å²) in [6.07, 6.45) is 1.86. The second-order valence-corrected chi connectivity index (χ2v) is 7.16. The van der Waals surface area contributed by atoms with Crippen molar-refractivity contribution in [1.82, 2.24) is 5.01 Å². The van der Waals surface area contributed by atoms with Crippen LogP contribution in [0, 0.1) is 11.6 Å². The first-order chi connectivity index (χ1) is 14.9. The Kier molecular flexibility index (Phi) is 5.81. The lowest BCUT2D eigenvalue weighted by Gasteiger charge is -2.19. The molecule has 2 aromatic carbocycles. The maximum atomic E-state index is 13.8. The van der Waals surface area contributed by atoms with E-state index < -0.39 is 41.7 Å². The Morgan fingerprint density at radius 1 is 1.16 bits per heavy atom. The number of hydrazone groups is 1. The van der Waals surface area contributed by atoms with Gasteiger partial charge in [-0.2, -0.15) is 5.10 Å². The number of amides is 1. The van der Waals surface area contributed by atoms with Gasteiger partial charge in [-0.1, -0.05) is 23.7 Å². The molecule has 0 saturated carbocycles. The van der Waals surface area contributed by atoms with E-state index in [0.717, 1.165) is 17.7 Å². The fourth-order valence-corrected chi connectivity index (χ4v) is 3.31. The van der Waals surface area contributed by atoms with E-state index in [1.54, 1.807) is 36.4 Å². The number of ether oxygens (including phenoxy) is 1. The van der Waals surface area contributed by atoms with Gasteiger partial charge in [0.1, 0.15) is 23.4 Å². The van der Waals surface area contributed by atoms with E-state index in [9.17, 15) is 18.4 Å². The number of hydrogen-bond acceptors (Lipinski definition) is 5. The topological polar surface area (TPSA) is 72.1 Å². The van der Waals surface area contributed by atoms with Gasteiger partial charge >= 0.3 is 5.97 Å². The van der Waals surface area contributed by atoms with Gasteiger partial charge in [-0.3, -0.25) is 4.79 Å². The Morgan fingerprint density at radius 2 is 1.94 bits per heavy atom. The summed E-state index contributed by atoms with van der Waals surface area (Å²) in [4.78, 5) is 24.9. The molecule has 31 heavy (non-hydrogen) atoms. The molecule has 0 saturated heterocycles. The lowest BCUT2D eigenvalue weighted by atomic mass is 10.0. The van der Waals surface area contributed by atoms with Crippen LogP contribution in [0.4, 0.5) is 8.78 Å². The van der Waals surface area contributed by atoms with Gasteiger partial charge in [-0.05, 0) is 42.0 Å². The molecule has 1 atom stereocenters. The first kappa shape index (κ1) is 20.7. The zero-order valence-electron chi connectivity index (χ0n) is 15.9. The summed E-state index contributed by atoms with van der Waals surface area (Å²) in [7, 11) is 0. The SMILES string of the molecule is O=C(OCC(=O)N1N=C(c2ccc(Cl)cc2)CC1c1ccco1)c1ccc(F)cc1F. The molecule has 1 aliphatic rings. The first-order valence-electron chi connectivity index (χ1n) is 9.23. The van der Waals surface area contributed by atoms with Crippen LogP contribution in [0.15, 0.2) is 70.4 Å². The van der Waals surface area contributed by atoms with Gasteiger partial charge in [0.15, 0.2) is 6.61 Å². The average molecular weight is 445 g/mol. The molecule has 0 bridgehead atoms. The number of esters is 1. The van der Waals surface area contributed by atoms with Crippen LogP contribution in [0.5, 0.6) is 0 Å². The maximum absolute atomic E-state index is 13.8. The quantitative estimate of drug-likeness (QED) is 0.532. The highest BCUT2D eigenvalue weighted by Gasteiger charge is 2.35. The molecule has 6 nitrogen and oxygen atoms in total. The summed E-state index contributed by atoms with van der Waals surface area (Å²) >= 11 is 5.93. The highest BCUT2D eigenvalue weighted by atomic mass is 35.5. The van der Waals surface area contributed by atoms with Crippen molar-refractivity contribution >= 4 is 29.2 Å². The van der Waals surface area contributed by atoms with Crippen molar-refractivity contribution in [1.29, 1.82) is 0 Å². The van der Waals surface area contributed by atoms with Crippen LogP contribution in [0.2, 0.25) is 5.02 Å². The Morgan fingerprint density at radius 3 is 2.61 bits per heavy atom. The van der Waals surface area contributed by atoms with Crippen molar-refractivity contribution in [2.45, 2.75) is 12.5 Å². The van der Waals surface area contributed by atoms with Crippen LogP contribution in [-0.2, 0) is 9.53 Å². The van der Waals surface area contributed by atoms with Gasteiger partial charge in [0.05, 0.1) is 17.5 Å². The summed E-state index contributed by atoms with van der Waals surface area (Å²) in [5.41, 5.74) is 0.938. The number of benzene rings is 2. The van der Waals surface area contributed by atoms with Crippen LogP contribution in [0.1, 0.15) is 34.1 Å². The molecule has 9 heteroatoms. The molecular weight excluding hydrogens is 430 g/mol. The lowest BCUT2D eigenvalue weighted by Crippen LogP contribution is -2.31. The summed E-state index contributed by atoms with van der Waals surface area (Å²) in [6, 6.07) is 12.3. The molecule has 0 N–H and O–H groups in total. The van der Waals surface area contributed by atoms with Crippen LogP contribution < -0.4 is 0 Å². The summed E-state index contributed by atoms with van der Waals surface area (Å²) in [5, 5.41) is 6.13. The minimum absolute atomic E-state index is 0.376. The minimum Gasteiger partial charge on any atom is -0.467 e. The molecule has 2 heterocycles. The molecule has 3 aromatic rings. The molecule has 1 amide bonds. The van der Waals surface area contributed by atoms with E-state index >= 15 is 0 Å². The Bertz CT molecular complexity index is 1150. The summed E-state index contributed by atoms with van der Waals surface area (Å²) in [6.45, 7) is -0.676. The summed E-state index contributed by atoms with van der Waals surface area (Å²) < 4.78 is 37.2. The Hall–Kier alpha value is -3.52. The van der Waals surface area contributed by atoms with Gasteiger partial charge in [-0.15, -0.1) is 0 Å². The highest BCUT2D eigenvalue weighted by Crippen LogP contribution is 2.33. The number of nitrogens with zero attached hydrogens (tertiary/aromatic N) is 2. The predicted octanol–water partition coefficient (Wildman–Crippen LogP) is 4.75. The standard InChI is InChI=1S/C22H15ClF2N2O4/c23-14-5-3-13(4-6-14)18-11-19(20-2-1-9-30-20)27(26-18)21(28)12-31-22(29)16-8-7-15(24)10-17(16)25/h1-10,19H,11-12H2. The Labute approximate surface area is 180 Å². The molecule has 0 aliphatic carbocycles. The second kappa shape index (κ2) is 8.69. The van der Waals surface area contributed by atoms with E-state index in [0.29, 0.717) is 29.0 Å². The van der Waals surface area contributed by atoms with E-state index in [4.69, 9.17) is 20.8 Å². The van der Waals surface area contributed by atoms with E-state index in [1.165, 1.54) is 11.3 Å². The van der Waals surface area contributed by atoms with Gasteiger partial charge in [0.2, 0.25) is 0 Å². The number of halogens is 3. The van der Waals surface area contributed by atoms with Crippen molar-refractivity contribution in [3.05, 3.63) is 94.4 Å². The molecule has 1 aliphatic heterocycles. The first-order valence-corrected chi connectivity index (χ1v) is 9.61. The highest BCUT2D eigenvalue weighted by molar-refractivity contribution is 6.30. The van der Waals surface area contributed by atoms with E-state index in [-0.39, 0.29) is 0 Å². The average Bonchev–Trinajstić information content (AvgIpc) is 3.42. The fourth-order valence-electron chi connectivity index (χ4n) is 3.19. The van der Waals surface area contributed by atoms with Crippen LogP contribution >= 0.6 is 11.6 Å². The van der Waals surface area contributed by atoms with Gasteiger partial charge < -0.3 is 9.15 Å². The molecular formula is C22H15ClF2N2O4. The van der Waals surface area contributed by atoms with Crippen molar-refractivity contribution in [3.8, 4) is 0 Å². The third-order valence-corrected chi connectivity index (χ3v) is 4.94. The monoisotopic (exact) mass is 444 g/mol. The van der Waals surface area contributed by atoms with Crippen molar-refractivity contribution in [3.63, 3.8) is 0 Å². The number of carbonyl (C=O) groups is 2. The Balaban J connectivity index is 1.52. The van der Waals surface area contributed by atoms with Gasteiger partial charge in [-0.25, -0.2) is 18.6 Å². The summed E-state index contributed by atoms with van der Waals surface area (Å²) in [5.74, 6) is -3.10. The van der Waals surface area contributed by atoms with Gasteiger partial charge in [0.25, 0.3) is 5.91 Å². The molecule has 0 spiro atoms. The number of rotatable bonds is 5. The third-order valence-electron chi connectivity index (χ3n) is 4.69. The minimum atomic E-state index is -1.08. The third kappa shape index (κ3) is 4.49. The van der Waals surface area contributed by atoms with E-state index in [1.807, 2.05) is 0 Å². The largest absolute Gasteiger partial charge is 0.467 e. The molecule has 0 radical (unpaired) electrons. The van der Waals surface area contributed by atoms with Gasteiger partial charge in [0, 0.05) is 17.5 Å². The normalized spacial score (nSPS) is 15.6. The molecule has 1 unspecified atom stereocenters. The molecule has 4 rings (SSSR count).